The molecule has 0 aromatic heterocycles. The molecule has 3 aromatic rings. The lowest BCUT2D eigenvalue weighted by molar-refractivity contribution is -0.137. The van der Waals surface area contributed by atoms with Gasteiger partial charge in [-0.1, -0.05) is 12.1 Å². The SMILES string of the molecule is CCOC(=O)/C(C#N)=C(\CCOCCOCCOC)c1cc(-c2ccc(O)c(F)c2)cc2ccc(O)cc12. The van der Waals surface area contributed by atoms with E-state index in [9.17, 15) is 24.7 Å². The van der Waals surface area contributed by atoms with Gasteiger partial charge in [-0.15, -0.1) is 0 Å². The van der Waals surface area contributed by atoms with Crippen molar-refractivity contribution in [3.05, 3.63) is 65.5 Å². The monoisotopic (exact) mass is 523 g/mol. The molecule has 0 radical (unpaired) electrons. The number of phenolic OH excluding ortho intramolecular Hbond substituents is 2. The first-order chi connectivity index (χ1) is 18.4. The molecule has 0 saturated carbocycles. The minimum absolute atomic E-state index is 0.000581. The van der Waals surface area contributed by atoms with Gasteiger partial charge in [-0.3, -0.25) is 0 Å². The van der Waals surface area contributed by atoms with Crippen LogP contribution in [0.2, 0.25) is 0 Å². The zero-order chi connectivity index (χ0) is 27.5. The van der Waals surface area contributed by atoms with Gasteiger partial charge < -0.3 is 29.2 Å². The quantitative estimate of drug-likeness (QED) is 0.140. The average molecular weight is 524 g/mol. The number of nitriles is 1. The summed E-state index contributed by atoms with van der Waals surface area (Å²) >= 11 is 0. The smallest absolute Gasteiger partial charge is 0.349 e. The highest BCUT2D eigenvalue weighted by molar-refractivity contribution is 6.07. The van der Waals surface area contributed by atoms with Gasteiger partial charge in [0, 0.05) is 7.11 Å². The first kappa shape index (κ1) is 28.6. The van der Waals surface area contributed by atoms with Gasteiger partial charge >= 0.3 is 5.97 Å². The number of hydrogen-bond acceptors (Lipinski definition) is 8. The standard InChI is InChI=1S/C29H30FNO7/c1-3-38-29(34)26(18-31)23(8-9-36-12-13-37-11-10-35-2)25-15-21(19-5-7-28(33)27(30)16-19)14-20-4-6-22(32)17-24(20)25/h4-7,14-17,32-33H,3,8-13H2,1-2H3/b26-23+. The molecule has 0 fully saturated rings. The fourth-order valence-corrected chi connectivity index (χ4v) is 3.92. The number of carbonyl (C=O) groups is 1. The minimum Gasteiger partial charge on any atom is -0.508 e. The highest BCUT2D eigenvalue weighted by atomic mass is 19.1. The van der Waals surface area contributed by atoms with Gasteiger partial charge in [0.05, 0.1) is 39.6 Å². The molecular formula is C29H30FNO7. The predicted octanol–water partition coefficient (Wildman–Crippen LogP) is 4.97. The molecule has 200 valence electrons. The Bertz CT molecular complexity index is 1350. The van der Waals surface area contributed by atoms with Crippen LogP contribution in [0.15, 0.2) is 54.1 Å². The summed E-state index contributed by atoms with van der Waals surface area (Å²) in [7, 11) is 1.58. The first-order valence-electron chi connectivity index (χ1n) is 12.1. The molecule has 0 heterocycles. The molecule has 8 nitrogen and oxygen atoms in total. The summed E-state index contributed by atoms with van der Waals surface area (Å²) in [5.41, 5.74) is 1.73. The van der Waals surface area contributed by atoms with E-state index in [-0.39, 0.29) is 31.0 Å². The molecule has 2 N–H and O–H groups in total. The Labute approximate surface area is 220 Å². The van der Waals surface area contributed by atoms with Crippen molar-refractivity contribution >= 4 is 22.3 Å². The summed E-state index contributed by atoms with van der Waals surface area (Å²) in [6.07, 6.45) is 0.178. The fraction of sp³-hybridized carbons (Fsp3) is 0.310. The van der Waals surface area contributed by atoms with Crippen molar-refractivity contribution in [3.63, 3.8) is 0 Å². The molecule has 0 unspecified atom stereocenters. The highest BCUT2D eigenvalue weighted by Gasteiger charge is 2.21. The minimum atomic E-state index is -0.782. The maximum absolute atomic E-state index is 14.2. The van der Waals surface area contributed by atoms with E-state index in [1.807, 2.05) is 6.07 Å². The third-order valence-electron chi connectivity index (χ3n) is 5.74. The Hall–Kier alpha value is -3.97. The maximum Gasteiger partial charge on any atom is 0.349 e. The van der Waals surface area contributed by atoms with Gasteiger partial charge in [0.15, 0.2) is 11.6 Å². The molecule has 9 heteroatoms. The first-order valence-corrected chi connectivity index (χ1v) is 12.1. The Morgan fingerprint density at radius 1 is 0.947 bits per heavy atom. The summed E-state index contributed by atoms with van der Waals surface area (Å²) in [6, 6.07) is 14.2. The van der Waals surface area contributed by atoms with Crippen LogP contribution in [0.25, 0.3) is 27.5 Å². The van der Waals surface area contributed by atoms with Crippen LogP contribution in [0.4, 0.5) is 4.39 Å². The fourth-order valence-electron chi connectivity index (χ4n) is 3.92. The Kier molecular flexibility index (Phi) is 10.6. The molecule has 0 amide bonds. The number of methoxy groups -OCH3 is 1. The molecule has 0 atom stereocenters. The zero-order valence-electron chi connectivity index (χ0n) is 21.3. The van der Waals surface area contributed by atoms with E-state index in [4.69, 9.17) is 18.9 Å². The van der Waals surface area contributed by atoms with Crippen molar-refractivity contribution in [1.29, 1.82) is 5.26 Å². The zero-order valence-corrected chi connectivity index (χ0v) is 21.3. The number of benzene rings is 3. The molecule has 0 spiro atoms. The number of carbonyl (C=O) groups excluding carboxylic acids is 1. The Balaban J connectivity index is 2.08. The van der Waals surface area contributed by atoms with Crippen LogP contribution in [0.3, 0.4) is 0 Å². The molecule has 0 aliphatic heterocycles. The molecule has 3 rings (SSSR count). The number of nitrogens with zero attached hydrogens (tertiary/aromatic N) is 1. The molecule has 0 aliphatic rings. The molecular weight excluding hydrogens is 493 g/mol. The number of ether oxygens (including phenoxy) is 4. The third kappa shape index (κ3) is 7.29. The Morgan fingerprint density at radius 3 is 2.37 bits per heavy atom. The van der Waals surface area contributed by atoms with E-state index in [0.29, 0.717) is 59.5 Å². The van der Waals surface area contributed by atoms with Crippen molar-refractivity contribution in [2.45, 2.75) is 13.3 Å². The lowest BCUT2D eigenvalue weighted by atomic mass is 9.89. The van der Waals surface area contributed by atoms with E-state index >= 15 is 0 Å². The van der Waals surface area contributed by atoms with Crippen LogP contribution in [0, 0.1) is 17.1 Å². The highest BCUT2D eigenvalue weighted by Crippen LogP contribution is 2.37. The number of halogens is 1. The van der Waals surface area contributed by atoms with Crippen LogP contribution in [0.5, 0.6) is 11.5 Å². The van der Waals surface area contributed by atoms with Crippen molar-refractivity contribution in [1.82, 2.24) is 0 Å². The van der Waals surface area contributed by atoms with Gasteiger partial charge in [0.1, 0.15) is 17.4 Å². The van der Waals surface area contributed by atoms with Crippen LogP contribution in [0.1, 0.15) is 18.9 Å². The lowest BCUT2D eigenvalue weighted by Crippen LogP contribution is -2.12. The van der Waals surface area contributed by atoms with Gasteiger partial charge in [-0.05, 0) is 82.8 Å². The van der Waals surface area contributed by atoms with E-state index in [2.05, 4.69) is 0 Å². The summed E-state index contributed by atoms with van der Waals surface area (Å²) in [5.74, 6) is -2.03. The summed E-state index contributed by atoms with van der Waals surface area (Å²) < 4.78 is 35.3. The van der Waals surface area contributed by atoms with Crippen LogP contribution in [-0.4, -0.2) is 62.9 Å². The topological polar surface area (TPSA) is 118 Å². The summed E-state index contributed by atoms with van der Waals surface area (Å²) in [6.45, 7) is 3.46. The Morgan fingerprint density at radius 2 is 1.68 bits per heavy atom. The molecule has 38 heavy (non-hydrogen) atoms. The predicted molar refractivity (Wildman–Crippen MR) is 140 cm³/mol. The van der Waals surface area contributed by atoms with E-state index in [1.54, 1.807) is 38.3 Å². The normalized spacial score (nSPS) is 11.7. The summed E-state index contributed by atoms with van der Waals surface area (Å²) in [5, 5.41) is 31.1. The summed E-state index contributed by atoms with van der Waals surface area (Å²) in [4.78, 5) is 12.8. The molecule has 0 saturated heterocycles. The largest absolute Gasteiger partial charge is 0.508 e. The third-order valence-corrected chi connectivity index (χ3v) is 5.74. The number of fused-ring (bicyclic) bond motifs is 1. The molecule has 3 aromatic carbocycles. The second-order valence-electron chi connectivity index (χ2n) is 8.25. The van der Waals surface area contributed by atoms with Crippen LogP contribution in [-0.2, 0) is 23.7 Å². The van der Waals surface area contributed by atoms with Gasteiger partial charge in [-0.2, -0.15) is 5.26 Å². The second-order valence-corrected chi connectivity index (χ2v) is 8.25. The maximum atomic E-state index is 14.2. The van der Waals surface area contributed by atoms with Gasteiger partial charge in [0.25, 0.3) is 0 Å². The van der Waals surface area contributed by atoms with Crippen molar-refractivity contribution < 1.29 is 38.3 Å². The number of aromatic hydroxyl groups is 2. The van der Waals surface area contributed by atoms with Crippen LogP contribution < -0.4 is 0 Å². The lowest BCUT2D eigenvalue weighted by Gasteiger charge is -2.16. The van der Waals surface area contributed by atoms with E-state index in [1.165, 1.54) is 24.3 Å². The number of esters is 1. The van der Waals surface area contributed by atoms with Gasteiger partial charge in [-0.25, -0.2) is 9.18 Å². The van der Waals surface area contributed by atoms with Crippen molar-refractivity contribution in [3.8, 4) is 28.7 Å². The second kappa shape index (κ2) is 14.1. The number of rotatable bonds is 13. The van der Waals surface area contributed by atoms with Crippen molar-refractivity contribution in [2.75, 3.05) is 46.8 Å². The average Bonchev–Trinajstić information content (AvgIpc) is 2.90. The van der Waals surface area contributed by atoms with E-state index in [0.717, 1.165) is 0 Å². The van der Waals surface area contributed by atoms with Crippen LogP contribution >= 0.6 is 0 Å². The van der Waals surface area contributed by atoms with E-state index < -0.39 is 17.5 Å². The molecule has 0 aliphatic carbocycles. The van der Waals surface area contributed by atoms with Gasteiger partial charge in [0.2, 0.25) is 0 Å². The number of phenols is 2. The van der Waals surface area contributed by atoms with Crippen molar-refractivity contribution in [2.24, 2.45) is 0 Å². The molecule has 0 bridgehead atoms. The number of hydrogen-bond donors (Lipinski definition) is 2.